The highest BCUT2D eigenvalue weighted by molar-refractivity contribution is 5.75. The Morgan fingerprint density at radius 2 is 1.10 bits per heavy atom. The van der Waals surface area contributed by atoms with E-state index < -0.39 is 78.6 Å². The highest BCUT2D eigenvalue weighted by Gasteiger charge is 2.90. The van der Waals surface area contributed by atoms with Crippen molar-refractivity contribution in [3.05, 3.63) is 60.2 Å². The zero-order valence-electron chi connectivity index (χ0n) is 33.5. The molecule has 0 radical (unpaired) electrons. The Morgan fingerprint density at radius 3 is 1.70 bits per heavy atom. The maximum Gasteiger partial charge on any atom is 0.460 e. The molecule has 2 rings (SSSR count). The lowest BCUT2D eigenvalue weighted by molar-refractivity contribution is -0.440. The minimum atomic E-state index is -8.06. The Balaban J connectivity index is 1.97. The first-order chi connectivity index (χ1) is 29.4. The fourth-order valence-electron chi connectivity index (χ4n) is 5.35. The first-order valence-corrected chi connectivity index (χ1v) is 19.2. The number of benzene rings is 2. The third-order valence-electron chi connectivity index (χ3n) is 9.14. The zero-order valence-corrected chi connectivity index (χ0v) is 33.5. The van der Waals surface area contributed by atoms with E-state index in [1.165, 1.54) is 6.92 Å². The van der Waals surface area contributed by atoms with E-state index in [0.29, 0.717) is 29.9 Å². The summed E-state index contributed by atoms with van der Waals surface area (Å²) in [5, 5.41) is 8.89. The van der Waals surface area contributed by atoms with Crippen molar-refractivity contribution in [2.45, 2.75) is 94.1 Å². The number of halogens is 13. The van der Waals surface area contributed by atoms with Gasteiger partial charge in [0.2, 0.25) is 0 Å². The lowest BCUT2D eigenvalue weighted by Gasteiger charge is -2.39. The molecule has 354 valence electrons. The minimum absolute atomic E-state index is 0.00296. The molecule has 0 saturated heterocycles. The molecule has 0 aliphatic heterocycles. The molecule has 63 heavy (non-hydrogen) atoms. The van der Waals surface area contributed by atoms with Crippen LogP contribution in [0.1, 0.15) is 63.9 Å². The summed E-state index contributed by atoms with van der Waals surface area (Å²) < 4.78 is 206. The molecule has 0 aliphatic rings. The fourth-order valence-corrected chi connectivity index (χ4v) is 5.35. The van der Waals surface area contributed by atoms with Crippen LogP contribution in [-0.4, -0.2) is 99.9 Å². The van der Waals surface area contributed by atoms with E-state index in [1.807, 2.05) is 12.1 Å². The maximum atomic E-state index is 14.2. The lowest BCUT2D eigenvalue weighted by Crippen LogP contribution is -2.70. The molecule has 0 fully saturated rings. The normalized spacial score (nSPS) is 13.7. The SMILES string of the molecule is CCC(CCC(CCC(=O)OCCOCCOc1ccccc1)C(=O)OCCCCOc1ccc(C#N)cc1)C(=O)OCCC(F)(F)C(F)(F)C(F)(F)C(F)(F)C(F)(F)C(F)(F)F. The summed E-state index contributed by atoms with van der Waals surface area (Å²) in [6.45, 7) is -0.285. The van der Waals surface area contributed by atoms with Crippen molar-refractivity contribution in [2.24, 2.45) is 11.8 Å². The van der Waals surface area contributed by atoms with Crippen LogP contribution in [0.5, 0.6) is 11.5 Å². The maximum absolute atomic E-state index is 14.2. The van der Waals surface area contributed by atoms with Crippen molar-refractivity contribution in [1.29, 1.82) is 5.26 Å². The quantitative estimate of drug-likeness (QED) is 0.0337. The molecule has 0 saturated carbocycles. The predicted octanol–water partition coefficient (Wildman–Crippen LogP) is 9.77. The Hall–Kier alpha value is -5.01. The molecule has 23 heteroatoms. The summed E-state index contributed by atoms with van der Waals surface area (Å²) in [5.41, 5.74) is 0.421. The van der Waals surface area contributed by atoms with Crippen LogP contribution in [0.15, 0.2) is 54.6 Å². The third kappa shape index (κ3) is 15.3. The number of unbranched alkanes of at least 4 members (excludes halogenated alkanes) is 1. The Morgan fingerprint density at radius 1 is 0.571 bits per heavy atom. The lowest BCUT2D eigenvalue weighted by atomic mass is 9.91. The summed E-state index contributed by atoms with van der Waals surface area (Å²) >= 11 is 0. The van der Waals surface area contributed by atoms with Crippen LogP contribution in [0, 0.1) is 23.2 Å². The summed E-state index contributed by atoms with van der Waals surface area (Å²) in [4.78, 5) is 38.2. The standard InChI is InChI=1S/C40H44F13NO9/c1-2-28(33(56)63-21-18-35(41,42)36(43,44)37(45,46)38(47,48)39(49,50)40(51,52)53)12-13-29(34(57)62-20-7-6-19-59-31-15-10-27(26-54)11-16-31)14-17-32(55)61-25-23-58-22-24-60-30-8-4-3-5-9-30/h3-5,8-11,15-16,28-29H,2,6-7,12-14,17-25H2,1H3. The summed E-state index contributed by atoms with van der Waals surface area (Å²) in [7, 11) is 0. The smallest absolute Gasteiger partial charge is 0.460 e. The zero-order chi connectivity index (χ0) is 47.5. The van der Waals surface area contributed by atoms with E-state index in [2.05, 4.69) is 4.74 Å². The number of ether oxygens (including phenoxy) is 6. The molecule has 0 bridgehead atoms. The molecule has 0 aromatic heterocycles. The Kier molecular flexibility index (Phi) is 20.8. The number of alkyl halides is 13. The van der Waals surface area contributed by atoms with Gasteiger partial charge >= 0.3 is 53.7 Å². The van der Waals surface area contributed by atoms with E-state index in [-0.39, 0.29) is 71.7 Å². The highest BCUT2D eigenvalue weighted by atomic mass is 19.4. The Bertz CT molecular complexity index is 1760. The van der Waals surface area contributed by atoms with Crippen molar-refractivity contribution in [3.8, 4) is 17.6 Å². The number of carbonyl (C=O) groups excluding carboxylic acids is 3. The molecule has 2 aromatic carbocycles. The second kappa shape index (κ2) is 24.2. The summed E-state index contributed by atoms with van der Waals surface area (Å²) in [6.07, 6.45) is -10.8. The van der Waals surface area contributed by atoms with Gasteiger partial charge in [-0.1, -0.05) is 25.1 Å². The second-order valence-electron chi connectivity index (χ2n) is 13.7. The van der Waals surface area contributed by atoms with Gasteiger partial charge in [0, 0.05) is 6.42 Å². The van der Waals surface area contributed by atoms with E-state index in [4.69, 9.17) is 28.9 Å². The van der Waals surface area contributed by atoms with Gasteiger partial charge in [-0.3, -0.25) is 14.4 Å². The van der Waals surface area contributed by atoms with Crippen molar-refractivity contribution in [2.75, 3.05) is 46.2 Å². The fraction of sp³-hybridized carbons (Fsp3) is 0.600. The minimum Gasteiger partial charge on any atom is -0.494 e. The molecule has 0 amide bonds. The van der Waals surface area contributed by atoms with Gasteiger partial charge in [0.05, 0.1) is 62.9 Å². The molecular weight excluding hydrogens is 885 g/mol. The number of para-hydroxylation sites is 1. The van der Waals surface area contributed by atoms with Crippen LogP contribution in [0.2, 0.25) is 0 Å². The molecular formula is C40H44F13NO9. The van der Waals surface area contributed by atoms with Crippen LogP contribution < -0.4 is 9.47 Å². The number of hydrogen-bond donors (Lipinski definition) is 0. The first kappa shape index (κ1) is 54.1. The van der Waals surface area contributed by atoms with Gasteiger partial charge in [-0.05, 0) is 74.9 Å². The van der Waals surface area contributed by atoms with Gasteiger partial charge in [-0.15, -0.1) is 0 Å². The second-order valence-corrected chi connectivity index (χ2v) is 13.7. The average Bonchev–Trinajstić information content (AvgIpc) is 3.22. The number of esters is 3. The summed E-state index contributed by atoms with van der Waals surface area (Å²) in [5.74, 6) is -42.2. The van der Waals surface area contributed by atoms with E-state index in [1.54, 1.807) is 48.5 Å². The largest absolute Gasteiger partial charge is 0.494 e. The van der Waals surface area contributed by atoms with Crippen LogP contribution in [0.4, 0.5) is 57.1 Å². The number of hydrogen-bond acceptors (Lipinski definition) is 10. The van der Waals surface area contributed by atoms with E-state index >= 15 is 0 Å². The monoisotopic (exact) mass is 929 g/mol. The van der Waals surface area contributed by atoms with E-state index in [0.717, 1.165) is 0 Å². The molecule has 2 unspecified atom stereocenters. The van der Waals surface area contributed by atoms with Crippen LogP contribution in [0.3, 0.4) is 0 Å². The molecule has 2 aromatic rings. The number of rotatable bonds is 29. The van der Waals surface area contributed by atoms with Crippen molar-refractivity contribution in [1.82, 2.24) is 0 Å². The topological polar surface area (TPSA) is 130 Å². The van der Waals surface area contributed by atoms with Crippen molar-refractivity contribution in [3.63, 3.8) is 0 Å². The van der Waals surface area contributed by atoms with Gasteiger partial charge in [0.1, 0.15) is 24.7 Å². The molecule has 10 nitrogen and oxygen atoms in total. The van der Waals surface area contributed by atoms with Gasteiger partial charge < -0.3 is 28.4 Å². The molecule has 0 aliphatic carbocycles. The average molecular weight is 930 g/mol. The summed E-state index contributed by atoms with van der Waals surface area (Å²) in [6, 6.07) is 17.1. The van der Waals surface area contributed by atoms with Crippen molar-refractivity contribution >= 4 is 17.9 Å². The van der Waals surface area contributed by atoms with Crippen LogP contribution in [0.25, 0.3) is 0 Å². The van der Waals surface area contributed by atoms with E-state index in [9.17, 15) is 71.5 Å². The molecule has 0 spiro atoms. The van der Waals surface area contributed by atoms with Crippen molar-refractivity contribution < 1.29 is 99.9 Å². The highest BCUT2D eigenvalue weighted by Crippen LogP contribution is 2.60. The third-order valence-corrected chi connectivity index (χ3v) is 9.14. The van der Waals surface area contributed by atoms with Gasteiger partial charge in [0.15, 0.2) is 0 Å². The number of nitriles is 1. The first-order valence-electron chi connectivity index (χ1n) is 19.2. The van der Waals surface area contributed by atoms with Crippen LogP contribution >= 0.6 is 0 Å². The predicted molar refractivity (Wildman–Crippen MR) is 193 cm³/mol. The molecule has 2 atom stereocenters. The molecule has 0 N–H and O–H groups in total. The number of nitrogens with zero attached hydrogens (tertiary/aromatic N) is 1. The van der Waals surface area contributed by atoms with Crippen LogP contribution in [-0.2, 0) is 33.3 Å². The van der Waals surface area contributed by atoms with Gasteiger partial charge in [-0.25, -0.2) is 0 Å². The Labute approximate surface area is 352 Å². The molecule has 0 heterocycles. The van der Waals surface area contributed by atoms with Gasteiger partial charge in [-0.2, -0.15) is 62.3 Å². The van der Waals surface area contributed by atoms with Gasteiger partial charge in [0.25, 0.3) is 0 Å². The number of carbonyl (C=O) groups is 3.